The Kier molecular flexibility index (Phi) is 4.28. The topological polar surface area (TPSA) is 136 Å². The van der Waals surface area contributed by atoms with Gasteiger partial charge in [-0.1, -0.05) is 0 Å². The molecule has 0 radical (unpaired) electrons. The van der Waals surface area contributed by atoms with E-state index in [1.54, 1.807) is 20.8 Å². The molecule has 9 heteroatoms. The maximum Gasteiger partial charge on any atom is 0.314 e. The van der Waals surface area contributed by atoms with Gasteiger partial charge in [0.2, 0.25) is 0 Å². The van der Waals surface area contributed by atoms with Crippen LogP contribution < -0.4 is 5.11 Å². The molecule has 3 rings (SSSR count). The van der Waals surface area contributed by atoms with E-state index in [4.69, 9.17) is 14.2 Å². The van der Waals surface area contributed by atoms with Crippen LogP contribution in [0.25, 0.3) is 0 Å². The number of Topliss-reactive ketones (excluding diaryl/α,β-unsaturated/α-hetero) is 1. The zero-order valence-corrected chi connectivity index (χ0v) is 14.6. The zero-order chi connectivity index (χ0) is 19.4. The molecule has 26 heavy (non-hydrogen) atoms. The maximum atomic E-state index is 12.6. The third-order valence-corrected chi connectivity index (χ3v) is 5.02. The highest BCUT2D eigenvalue weighted by Gasteiger charge is 2.70. The summed E-state index contributed by atoms with van der Waals surface area (Å²) in [4.78, 5) is 58.1. The molecule has 3 fully saturated rings. The van der Waals surface area contributed by atoms with Crippen LogP contribution in [0, 0.1) is 23.7 Å². The number of fused-ring (bicyclic) bond motifs is 1. The Morgan fingerprint density at radius 3 is 2.42 bits per heavy atom. The molecule has 2 bridgehead atoms. The van der Waals surface area contributed by atoms with E-state index in [9.17, 15) is 29.1 Å². The molecule has 1 heterocycles. The van der Waals surface area contributed by atoms with Crippen LogP contribution in [-0.2, 0) is 38.2 Å². The van der Waals surface area contributed by atoms with Gasteiger partial charge >= 0.3 is 17.9 Å². The molecule has 142 valence electrons. The van der Waals surface area contributed by atoms with Gasteiger partial charge in [-0.25, -0.2) is 0 Å². The average Bonchev–Trinajstić information content (AvgIpc) is 3.08. The van der Waals surface area contributed by atoms with Crippen molar-refractivity contribution in [1.29, 1.82) is 0 Å². The van der Waals surface area contributed by atoms with Crippen LogP contribution in [0.4, 0.5) is 0 Å². The average molecular weight is 367 g/mol. The summed E-state index contributed by atoms with van der Waals surface area (Å²) in [5.74, 6) is -7.67. The second-order valence-corrected chi connectivity index (χ2v) is 7.89. The van der Waals surface area contributed by atoms with E-state index in [0.717, 1.165) is 0 Å². The molecule has 2 saturated carbocycles. The van der Waals surface area contributed by atoms with E-state index < -0.39 is 71.6 Å². The first-order valence-electron chi connectivity index (χ1n) is 8.36. The third kappa shape index (κ3) is 3.06. The highest BCUT2D eigenvalue weighted by atomic mass is 16.6. The lowest BCUT2D eigenvalue weighted by Crippen LogP contribution is -2.45. The van der Waals surface area contributed by atoms with Gasteiger partial charge in [-0.15, -0.1) is 0 Å². The molecule has 0 aromatic rings. The number of ketones is 1. The Labute approximate surface area is 149 Å². The number of hydrogen-bond donors (Lipinski definition) is 0. The van der Waals surface area contributed by atoms with Crippen LogP contribution >= 0.6 is 0 Å². The van der Waals surface area contributed by atoms with Crippen LogP contribution in [-0.4, -0.2) is 47.5 Å². The molecule has 2 aliphatic carbocycles. The quantitative estimate of drug-likeness (QED) is 0.253. The first-order chi connectivity index (χ1) is 12.0. The van der Waals surface area contributed by atoms with Gasteiger partial charge in [0.05, 0.1) is 11.8 Å². The van der Waals surface area contributed by atoms with Crippen molar-refractivity contribution in [3.05, 3.63) is 0 Å². The highest BCUT2D eigenvalue weighted by molar-refractivity contribution is 6.34. The molecule has 0 aromatic carbocycles. The molecular formula is C17H19O9-. The molecule has 0 amide bonds. The van der Waals surface area contributed by atoms with E-state index in [-0.39, 0.29) is 5.92 Å². The summed E-state index contributed by atoms with van der Waals surface area (Å²) < 4.78 is 15.9. The molecule has 6 unspecified atom stereocenters. The Balaban J connectivity index is 1.76. The van der Waals surface area contributed by atoms with Crippen LogP contribution in [0.5, 0.6) is 0 Å². The van der Waals surface area contributed by atoms with Gasteiger partial charge in [0, 0.05) is 11.8 Å². The van der Waals surface area contributed by atoms with Crippen LogP contribution in [0.1, 0.15) is 33.6 Å². The predicted octanol–water partition coefficient (Wildman–Crippen LogP) is -1.24. The Bertz CT molecular complexity index is 689. The summed E-state index contributed by atoms with van der Waals surface area (Å²) in [6.07, 6.45) is -2.10. The van der Waals surface area contributed by atoms with Crippen LogP contribution in [0.15, 0.2) is 0 Å². The summed E-state index contributed by atoms with van der Waals surface area (Å²) in [7, 11) is 0. The number of rotatable bonds is 5. The lowest BCUT2D eigenvalue weighted by molar-refractivity contribution is -0.300. The first kappa shape index (κ1) is 18.3. The van der Waals surface area contributed by atoms with Crippen molar-refractivity contribution in [2.24, 2.45) is 23.7 Å². The van der Waals surface area contributed by atoms with Crippen molar-refractivity contribution < 1.29 is 43.3 Å². The van der Waals surface area contributed by atoms with Crippen molar-refractivity contribution in [3.63, 3.8) is 0 Å². The number of carboxylic acids is 1. The Morgan fingerprint density at radius 2 is 1.85 bits per heavy atom. The lowest BCUT2D eigenvalue weighted by Gasteiger charge is -2.32. The van der Waals surface area contributed by atoms with E-state index in [1.165, 1.54) is 0 Å². The van der Waals surface area contributed by atoms with Crippen LogP contribution in [0.2, 0.25) is 0 Å². The lowest BCUT2D eigenvalue weighted by atomic mass is 9.78. The van der Waals surface area contributed by atoms with Crippen molar-refractivity contribution in [2.45, 2.75) is 51.4 Å². The van der Waals surface area contributed by atoms with Gasteiger partial charge in [0.25, 0.3) is 0 Å². The second-order valence-electron chi connectivity index (χ2n) is 7.89. The largest absolute Gasteiger partial charge is 0.542 e. The molecule has 1 saturated heterocycles. The summed E-state index contributed by atoms with van der Waals surface area (Å²) in [6.45, 7) is 5.12. The van der Waals surface area contributed by atoms with Crippen LogP contribution in [0.3, 0.4) is 0 Å². The minimum Gasteiger partial charge on any atom is -0.542 e. The second kappa shape index (κ2) is 6.07. The molecule has 0 spiro atoms. The number of carbonyl (C=O) groups excluding carboxylic acids is 5. The van der Waals surface area contributed by atoms with Crippen molar-refractivity contribution in [3.8, 4) is 0 Å². The van der Waals surface area contributed by atoms with E-state index in [2.05, 4.69) is 0 Å². The number of ether oxygens (including phenoxy) is 3. The summed E-state index contributed by atoms with van der Waals surface area (Å²) in [5.41, 5.74) is -0.742. The van der Waals surface area contributed by atoms with E-state index in [1.807, 2.05) is 0 Å². The van der Waals surface area contributed by atoms with Crippen molar-refractivity contribution >= 4 is 29.7 Å². The number of hydrogen-bond acceptors (Lipinski definition) is 9. The van der Waals surface area contributed by atoms with Gasteiger partial charge < -0.3 is 24.1 Å². The predicted molar refractivity (Wildman–Crippen MR) is 78.8 cm³/mol. The zero-order valence-electron chi connectivity index (χ0n) is 14.6. The van der Waals surface area contributed by atoms with Gasteiger partial charge in [-0.05, 0) is 27.2 Å². The maximum absolute atomic E-state index is 12.6. The van der Waals surface area contributed by atoms with Crippen molar-refractivity contribution in [2.75, 3.05) is 0 Å². The van der Waals surface area contributed by atoms with Gasteiger partial charge in [0.15, 0.2) is 5.78 Å². The number of carbonyl (C=O) groups is 5. The van der Waals surface area contributed by atoms with E-state index in [0.29, 0.717) is 6.42 Å². The molecule has 3 aliphatic rings. The summed E-state index contributed by atoms with van der Waals surface area (Å²) >= 11 is 0. The fraction of sp³-hybridized carbons (Fsp3) is 0.706. The molecule has 0 N–H and O–H groups in total. The standard InChI is InChI=1S/C17H20O9/c1-17(2,3)26-16(23)11-7-4-6-10(11)15(22)25-13(6)12(7)24-9(19)5-8(18)14(20)21/h6-7,10-13H,4-5H2,1-3H3,(H,20,21)/p-1. The number of carboxylic acid groups (broad SMARTS) is 1. The molecule has 1 aliphatic heterocycles. The number of esters is 3. The SMILES string of the molecule is CC(C)(C)OC(=O)C1C2CC3C(OC(=O)C31)C2OC(=O)CC(=O)C(=O)[O-]. The molecule has 9 nitrogen and oxygen atoms in total. The van der Waals surface area contributed by atoms with Gasteiger partial charge in [-0.3, -0.25) is 19.2 Å². The van der Waals surface area contributed by atoms with Crippen molar-refractivity contribution in [1.82, 2.24) is 0 Å². The van der Waals surface area contributed by atoms with E-state index >= 15 is 0 Å². The summed E-state index contributed by atoms with van der Waals surface area (Å²) in [5, 5.41) is 10.4. The van der Waals surface area contributed by atoms with Gasteiger partial charge in [-0.2, -0.15) is 0 Å². The molecule has 6 atom stereocenters. The first-order valence-corrected chi connectivity index (χ1v) is 8.36. The fourth-order valence-electron chi connectivity index (χ4n) is 4.24. The Morgan fingerprint density at radius 1 is 1.19 bits per heavy atom. The minimum atomic E-state index is -1.98. The smallest absolute Gasteiger partial charge is 0.314 e. The third-order valence-electron chi connectivity index (χ3n) is 5.02. The number of aliphatic carboxylic acids is 1. The normalized spacial score (nSPS) is 34.3. The summed E-state index contributed by atoms with van der Waals surface area (Å²) in [6, 6.07) is 0. The minimum absolute atomic E-state index is 0.264. The van der Waals surface area contributed by atoms with Gasteiger partial charge in [0.1, 0.15) is 30.2 Å². The molecule has 0 aromatic heterocycles. The molecular weight excluding hydrogens is 348 g/mol. The highest BCUT2D eigenvalue weighted by Crippen LogP contribution is 2.59. The Hall–Kier alpha value is -2.45. The monoisotopic (exact) mass is 367 g/mol. The fourth-order valence-corrected chi connectivity index (χ4v) is 4.24.